The molecule has 7 rings (SSSR count). The van der Waals surface area contributed by atoms with Crippen LogP contribution in [0.3, 0.4) is 0 Å². The Morgan fingerprint density at radius 2 is 1.49 bits per heavy atom. The van der Waals surface area contributed by atoms with Crippen molar-refractivity contribution in [3.63, 3.8) is 0 Å². The number of hydrogen-bond acceptors (Lipinski definition) is 4. The van der Waals surface area contributed by atoms with E-state index in [9.17, 15) is 0 Å². The van der Waals surface area contributed by atoms with Crippen molar-refractivity contribution in [3.8, 4) is 11.3 Å². The summed E-state index contributed by atoms with van der Waals surface area (Å²) in [6.07, 6.45) is 4.96. The molecular formula is C40H43N5. The van der Waals surface area contributed by atoms with E-state index >= 15 is 0 Å². The van der Waals surface area contributed by atoms with E-state index in [0.29, 0.717) is 12.5 Å². The summed E-state index contributed by atoms with van der Waals surface area (Å²) in [5, 5.41) is 11.2. The van der Waals surface area contributed by atoms with Crippen molar-refractivity contribution in [2.75, 3.05) is 17.7 Å². The van der Waals surface area contributed by atoms with E-state index in [2.05, 4.69) is 132 Å². The first-order valence-corrected chi connectivity index (χ1v) is 15.8. The molecule has 0 bridgehead atoms. The zero-order valence-corrected chi connectivity index (χ0v) is 27.0. The minimum Gasteiger partial charge on any atom is -0.388 e. The molecule has 0 spiro atoms. The molecule has 0 fully saturated rings. The molecule has 0 atom stereocenters. The predicted molar refractivity (Wildman–Crippen MR) is 190 cm³/mol. The monoisotopic (exact) mass is 593 g/mol. The van der Waals surface area contributed by atoms with Gasteiger partial charge in [0, 0.05) is 42.4 Å². The number of nitrogens with zero attached hydrogens (tertiary/aromatic N) is 3. The molecule has 2 heterocycles. The number of aromatic nitrogens is 3. The van der Waals surface area contributed by atoms with Gasteiger partial charge in [-0.2, -0.15) is 9.61 Å². The van der Waals surface area contributed by atoms with Crippen LogP contribution in [-0.2, 0) is 13.0 Å². The Balaban J connectivity index is 0.000000189. The number of anilines is 2. The molecule has 4 aromatic carbocycles. The lowest BCUT2D eigenvalue weighted by Gasteiger charge is -2.26. The molecular weight excluding hydrogens is 550 g/mol. The van der Waals surface area contributed by atoms with Gasteiger partial charge in [0.15, 0.2) is 5.65 Å². The lowest BCUT2D eigenvalue weighted by Crippen LogP contribution is -2.11. The third kappa shape index (κ3) is 6.83. The minimum absolute atomic E-state index is 0.362. The van der Waals surface area contributed by atoms with Crippen LogP contribution in [0.4, 0.5) is 11.5 Å². The Bertz CT molecular complexity index is 1860. The summed E-state index contributed by atoms with van der Waals surface area (Å²) < 4.78 is 1.87. The van der Waals surface area contributed by atoms with E-state index in [1.807, 2.05) is 44.6 Å². The topological polar surface area (TPSA) is 54.2 Å². The maximum Gasteiger partial charge on any atom is 0.160 e. The quantitative estimate of drug-likeness (QED) is 0.189. The first-order chi connectivity index (χ1) is 22.1. The summed E-state index contributed by atoms with van der Waals surface area (Å²) in [6, 6.07) is 36.1. The van der Waals surface area contributed by atoms with Gasteiger partial charge in [0.25, 0.3) is 0 Å². The number of rotatable bonds is 6. The zero-order chi connectivity index (χ0) is 31.8. The van der Waals surface area contributed by atoms with Gasteiger partial charge in [-0.3, -0.25) is 0 Å². The molecule has 45 heavy (non-hydrogen) atoms. The van der Waals surface area contributed by atoms with Crippen molar-refractivity contribution in [2.45, 2.75) is 46.6 Å². The van der Waals surface area contributed by atoms with Gasteiger partial charge in [-0.05, 0) is 65.8 Å². The average Bonchev–Trinajstić information content (AvgIpc) is 3.47. The first kappa shape index (κ1) is 31.3. The summed E-state index contributed by atoms with van der Waals surface area (Å²) in [6.45, 7) is 12.8. The second-order valence-electron chi connectivity index (χ2n) is 11.0. The van der Waals surface area contributed by atoms with E-state index in [4.69, 9.17) is 4.98 Å². The van der Waals surface area contributed by atoms with Crippen LogP contribution in [0.2, 0.25) is 0 Å². The summed E-state index contributed by atoms with van der Waals surface area (Å²) in [5.74, 6) is 1.29. The van der Waals surface area contributed by atoms with Crippen LogP contribution >= 0.6 is 0 Å². The van der Waals surface area contributed by atoms with Crippen LogP contribution in [0.25, 0.3) is 16.9 Å². The lowest BCUT2D eigenvalue weighted by molar-refractivity contribution is 0.915. The van der Waals surface area contributed by atoms with E-state index in [1.54, 1.807) is 0 Å². The Morgan fingerprint density at radius 3 is 2.16 bits per heavy atom. The van der Waals surface area contributed by atoms with Gasteiger partial charge < -0.3 is 10.6 Å². The molecule has 0 radical (unpaired) electrons. The Labute approximate surface area is 267 Å². The van der Waals surface area contributed by atoms with Gasteiger partial charge in [-0.15, -0.1) is 6.58 Å². The minimum atomic E-state index is 0.362. The molecule has 0 amide bonds. The SMILES string of the molecule is C=CC1c2ccccc2Cc2ccccc21.CC.CNc1cccc(CNc2cc(-c3ccccc3C)nc3c(C)cnn23)c1. The Kier molecular flexibility index (Phi) is 10.1. The van der Waals surface area contributed by atoms with E-state index < -0.39 is 0 Å². The first-order valence-electron chi connectivity index (χ1n) is 15.8. The summed E-state index contributed by atoms with van der Waals surface area (Å²) >= 11 is 0. The number of allylic oxidation sites excluding steroid dienone is 1. The van der Waals surface area contributed by atoms with Crippen molar-refractivity contribution >= 4 is 17.2 Å². The smallest absolute Gasteiger partial charge is 0.160 e. The van der Waals surface area contributed by atoms with Crippen molar-refractivity contribution in [2.24, 2.45) is 0 Å². The van der Waals surface area contributed by atoms with Crippen molar-refractivity contribution in [1.82, 2.24) is 14.6 Å². The van der Waals surface area contributed by atoms with Gasteiger partial charge in [0.1, 0.15) is 5.82 Å². The second kappa shape index (κ2) is 14.5. The van der Waals surface area contributed by atoms with Gasteiger partial charge in [-0.1, -0.05) is 105 Å². The molecule has 5 heteroatoms. The van der Waals surface area contributed by atoms with Gasteiger partial charge in [0.05, 0.1) is 11.9 Å². The number of nitrogens with one attached hydrogen (secondary N) is 2. The fourth-order valence-corrected chi connectivity index (χ4v) is 5.85. The highest BCUT2D eigenvalue weighted by atomic mass is 15.3. The summed E-state index contributed by atoms with van der Waals surface area (Å²) in [4.78, 5) is 4.86. The highest BCUT2D eigenvalue weighted by molar-refractivity contribution is 5.70. The lowest BCUT2D eigenvalue weighted by atomic mass is 9.78. The van der Waals surface area contributed by atoms with Crippen LogP contribution in [0.1, 0.15) is 58.7 Å². The predicted octanol–water partition coefficient (Wildman–Crippen LogP) is 9.60. The van der Waals surface area contributed by atoms with Crippen LogP contribution in [0.5, 0.6) is 0 Å². The maximum absolute atomic E-state index is 4.86. The fraction of sp³-hybridized carbons (Fsp3) is 0.200. The molecule has 0 unspecified atom stereocenters. The van der Waals surface area contributed by atoms with Crippen LogP contribution in [0.15, 0.2) is 122 Å². The largest absolute Gasteiger partial charge is 0.388 e. The van der Waals surface area contributed by atoms with Crippen molar-refractivity contribution in [1.29, 1.82) is 0 Å². The number of hydrogen-bond donors (Lipinski definition) is 2. The fourth-order valence-electron chi connectivity index (χ4n) is 5.85. The second-order valence-corrected chi connectivity index (χ2v) is 11.0. The molecule has 5 nitrogen and oxygen atoms in total. The Hall–Kier alpha value is -5.16. The van der Waals surface area contributed by atoms with E-state index in [0.717, 1.165) is 40.4 Å². The van der Waals surface area contributed by atoms with Crippen LogP contribution in [0, 0.1) is 13.8 Å². The molecule has 0 saturated carbocycles. The molecule has 1 aliphatic rings. The molecule has 228 valence electrons. The molecule has 6 aromatic rings. The zero-order valence-electron chi connectivity index (χ0n) is 27.0. The molecule has 0 aliphatic heterocycles. The molecule has 2 N–H and O–H groups in total. The highest BCUT2D eigenvalue weighted by Gasteiger charge is 2.22. The Morgan fingerprint density at radius 1 is 0.822 bits per heavy atom. The summed E-state index contributed by atoms with van der Waals surface area (Å²) in [5.41, 5.74) is 13.2. The average molecular weight is 594 g/mol. The molecule has 0 saturated heterocycles. The van der Waals surface area contributed by atoms with E-state index in [-0.39, 0.29) is 0 Å². The third-order valence-electron chi connectivity index (χ3n) is 8.16. The van der Waals surface area contributed by atoms with Gasteiger partial charge in [0.2, 0.25) is 0 Å². The van der Waals surface area contributed by atoms with Crippen LogP contribution < -0.4 is 10.6 Å². The van der Waals surface area contributed by atoms with Crippen LogP contribution in [-0.4, -0.2) is 21.6 Å². The number of aryl methyl sites for hydroxylation is 2. The normalized spacial score (nSPS) is 11.7. The third-order valence-corrected chi connectivity index (χ3v) is 8.16. The standard InChI is InChI=1S/C22H23N5.C16H14.C2H6/c1-15-7-4-5-10-19(15)20-12-21(27-22(26-20)16(2)13-25-27)24-14-17-8-6-9-18(11-17)23-3;1-2-14-15-9-5-3-7-12(15)11-13-8-4-6-10-16(13)14;1-2/h4-13,23-24H,14H2,1-3H3;2-10,14H,1,11H2;1-2H3. The molecule has 2 aromatic heterocycles. The summed E-state index contributed by atoms with van der Waals surface area (Å²) in [7, 11) is 1.93. The van der Waals surface area contributed by atoms with Gasteiger partial charge >= 0.3 is 0 Å². The molecule has 1 aliphatic carbocycles. The highest BCUT2D eigenvalue weighted by Crippen LogP contribution is 2.36. The van der Waals surface area contributed by atoms with Crippen molar-refractivity contribution < 1.29 is 0 Å². The number of benzene rings is 4. The maximum atomic E-state index is 4.86. The van der Waals surface area contributed by atoms with Crippen molar-refractivity contribution in [3.05, 3.63) is 161 Å². The number of fused-ring (bicyclic) bond motifs is 3. The van der Waals surface area contributed by atoms with E-state index in [1.165, 1.54) is 33.4 Å². The van der Waals surface area contributed by atoms with Gasteiger partial charge in [-0.25, -0.2) is 4.98 Å².